The first-order valence-electron chi connectivity index (χ1n) is 25.5. The molecule has 0 atom stereocenters. The number of fused-ring (bicyclic) bond motifs is 6. The molecule has 0 unspecified atom stereocenters. The Hall–Kier alpha value is -0.600. The van der Waals surface area contributed by atoms with Gasteiger partial charge in [0.2, 0.25) is 0 Å². The minimum Gasteiger partial charge on any atom is -0.465 e. The largest absolute Gasteiger partial charge is 0.465 e. The zero-order chi connectivity index (χ0) is 56.0. The van der Waals surface area contributed by atoms with E-state index in [9.17, 15) is 19.6 Å². The summed E-state index contributed by atoms with van der Waals surface area (Å²) in [4.78, 5) is 75.1. The second-order valence-corrected chi connectivity index (χ2v) is 45.2. The summed E-state index contributed by atoms with van der Waals surface area (Å²) in [6.07, 6.45) is 1.88. The average Bonchev–Trinajstić information content (AvgIpc) is 4.21. The molecule has 1 fully saturated rings. The van der Waals surface area contributed by atoms with E-state index in [1.807, 2.05) is 114 Å². The summed E-state index contributed by atoms with van der Waals surface area (Å²) in [7, 11) is 2.97. The van der Waals surface area contributed by atoms with Crippen LogP contribution in [0.2, 0.25) is 0 Å². The van der Waals surface area contributed by atoms with Gasteiger partial charge in [0.25, 0.3) is 11.8 Å². The first-order chi connectivity index (χ1) is 35.5. The second-order valence-electron chi connectivity index (χ2n) is 24.0. The number of nitrogens with zero attached hydrogens (tertiary/aromatic N) is 3. The summed E-state index contributed by atoms with van der Waals surface area (Å²) in [6.45, 7) is 36.1. The van der Waals surface area contributed by atoms with E-state index < -0.39 is 17.0 Å². The van der Waals surface area contributed by atoms with E-state index in [2.05, 4.69) is 83.1 Å². The number of ether oxygens (including phenoxy) is 2. The molecule has 8 aliphatic heterocycles. The van der Waals surface area contributed by atoms with Crippen LogP contribution in [-0.2, 0) is 14.3 Å². The Labute approximate surface area is 505 Å². The third-order valence-corrected chi connectivity index (χ3v) is 31.5. The third kappa shape index (κ3) is 9.72. The molecule has 0 spiro atoms. The van der Waals surface area contributed by atoms with E-state index >= 15 is 4.79 Å². The van der Waals surface area contributed by atoms with E-state index in [1.165, 1.54) is 36.0 Å². The van der Waals surface area contributed by atoms with Gasteiger partial charge in [-0.25, -0.2) is 9.59 Å². The number of thioether (sulfide) groups is 12. The molecule has 77 heavy (non-hydrogen) atoms. The number of hydrogen-bond donors (Lipinski definition) is 1. The highest BCUT2D eigenvalue weighted by Gasteiger charge is 2.55. The number of amides is 2. The summed E-state index contributed by atoms with van der Waals surface area (Å²) in [5, 5.41) is 12.4. The molecule has 22 heteroatoms. The molecule has 0 radical (unpaired) electrons. The first kappa shape index (κ1) is 58.2. The number of esters is 2. The van der Waals surface area contributed by atoms with Crippen LogP contribution in [0.1, 0.15) is 164 Å². The molecule has 2 amide bonds. The number of carbonyl (C=O) groups excluding carboxylic acids is 4. The Morgan fingerprint density at radius 3 is 0.909 bits per heavy atom. The van der Waals surface area contributed by atoms with Crippen molar-refractivity contribution in [2.24, 2.45) is 0 Å². The lowest BCUT2D eigenvalue weighted by molar-refractivity contribution is -0.186. The normalized spacial score (nSPS) is 23.8. The van der Waals surface area contributed by atoms with Crippen LogP contribution < -0.4 is 0 Å². The van der Waals surface area contributed by atoms with E-state index in [-0.39, 0.29) is 48.2 Å². The molecule has 0 bridgehead atoms. The molecule has 8 heterocycles. The number of carbonyl (C=O) groups is 4. The molecule has 1 N–H and O–H groups in total. The fourth-order valence-corrected chi connectivity index (χ4v) is 29.4. The van der Waals surface area contributed by atoms with Crippen LogP contribution in [-0.4, -0.2) is 120 Å². The Balaban J connectivity index is 1.19. The molecular weight excluding hydrogens is 1200 g/mol. The van der Waals surface area contributed by atoms with Gasteiger partial charge in [-0.05, 0) is 127 Å². The zero-order valence-corrected chi connectivity index (χ0v) is 56.4. The van der Waals surface area contributed by atoms with Crippen molar-refractivity contribution < 1.29 is 33.9 Å². The van der Waals surface area contributed by atoms with E-state index in [0.29, 0.717) is 42.9 Å². The monoisotopic (exact) mass is 1260 g/mol. The maximum absolute atomic E-state index is 15.9. The van der Waals surface area contributed by atoms with Gasteiger partial charge in [-0.1, -0.05) is 6.08 Å². The van der Waals surface area contributed by atoms with Crippen LogP contribution in [0.25, 0.3) is 0 Å². The topological polar surface area (TPSA) is 117 Å². The van der Waals surface area contributed by atoms with Crippen molar-refractivity contribution in [1.29, 1.82) is 0 Å². The lowest BCUT2D eigenvalue weighted by atomic mass is 9.83. The van der Waals surface area contributed by atoms with Crippen LogP contribution in [0.5, 0.6) is 0 Å². The van der Waals surface area contributed by atoms with Crippen LogP contribution >= 0.6 is 141 Å². The van der Waals surface area contributed by atoms with Crippen LogP contribution in [0, 0.1) is 0 Å². The molecule has 414 valence electrons. The molecule has 3 aromatic rings. The van der Waals surface area contributed by atoms with Crippen LogP contribution in [0.15, 0.2) is 70.4 Å². The Bertz CT molecular complexity index is 2980. The molecule has 3 aromatic carbocycles. The predicted octanol–water partition coefficient (Wildman–Crippen LogP) is 16.5. The van der Waals surface area contributed by atoms with Crippen molar-refractivity contribution in [3.63, 3.8) is 0 Å². The van der Waals surface area contributed by atoms with Gasteiger partial charge in [0, 0.05) is 96.4 Å². The quantitative estimate of drug-likeness (QED) is 0.178. The summed E-state index contributed by atoms with van der Waals surface area (Å²) in [6, 6.07) is 0. The van der Waals surface area contributed by atoms with Gasteiger partial charge >= 0.3 is 11.9 Å². The van der Waals surface area contributed by atoms with Crippen LogP contribution in [0.4, 0.5) is 0 Å². The fourth-order valence-electron chi connectivity index (χ4n) is 11.5. The molecule has 10 nitrogen and oxygen atoms in total. The summed E-state index contributed by atoms with van der Waals surface area (Å²) >= 11 is 21.5. The summed E-state index contributed by atoms with van der Waals surface area (Å²) in [5.41, 5.74) is 4.55. The van der Waals surface area contributed by atoms with Crippen LogP contribution in [0.3, 0.4) is 0 Å². The number of methoxy groups -OCH3 is 2. The minimum atomic E-state index is -0.867. The van der Waals surface area contributed by atoms with Gasteiger partial charge in [-0.3, -0.25) is 9.59 Å². The van der Waals surface area contributed by atoms with Crippen molar-refractivity contribution in [3.8, 4) is 0 Å². The van der Waals surface area contributed by atoms with Crippen molar-refractivity contribution in [2.45, 2.75) is 211 Å². The average molecular weight is 1260 g/mol. The zero-order valence-electron chi connectivity index (χ0n) is 46.6. The number of hydrogen-bond acceptors (Lipinski definition) is 20. The first-order valence-corrected chi connectivity index (χ1v) is 35.3. The van der Waals surface area contributed by atoms with Gasteiger partial charge < -0.3 is 24.5 Å². The van der Waals surface area contributed by atoms with Gasteiger partial charge in [0.15, 0.2) is 0 Å². The smallest absolute Gasteiger partial charge is 0.340 e. The maximum Gasteiger partial charge on any atom is 0.340 e. The molecule has 0 saturated carbocycles. The maximum atomic E-state index is 15.9. The van der Waals surface area contributed by atoms with Crippen molar-refractivity contribution >= 4 is 165 Å². The predicted molar refractivity (Wildman–Crippen MR) is 330 cm³/mol. The lowest BCUT2D eigenvalue weighted by Crippen LogP contribution is -2.54. The third-order valence-electron chi connectivity index (χ3n) is 14.4. The highest BCUT2D eigenvalue weighted by molar-refractivity contribution is 8.23. The molecular formula is C55H65N3O7S12. The molecule has 11 rings (SSSR count). The summed E-state index contributed by atoms with van der Waals surface area (Å²) < 4.78 is 9.40. The molecule has 0 aliphatic carbocycles. The molecule has 0 aromatic heterocycles. The Kier molecular flexibility index (Phi) is 14.5. The SMILES string of the molecule is COC(=O)c1c2c(c(C(c3c4c(c(C(=O)OC)c5c3SC(C)(C)S5)SC(C)(C)S4)c3c4c(c(C(=O)N5CCN(C(=O)C6=CC(C)(C)N(O)C6(C)C)CC5)c5c3SC(C)(C)S5)SC(C)(C)S4)c3c1SC(C)(C)S3)SC(C)(C)S2. The van der Waals surface area contributed by atoms with Crippen molar-refractivity contribution in [3.05, 3.63) is 45.0 Å². The number of benzene rings is 3. The van der Waals surface area contributed by atoms with E-state index in [4.69, 9.17) is 9.47 Å². The molecule has 1 saturated heterocycles. The minimum absolute atomic E-state index is 0.0226. The lowest BCUT2D eigenvalue weighted by Gasteiger charge is -2.39. The number of piperazine rings is 1. The second kappa shape index (κ2) is 19.2. The van der Waals surface area contributed by atoms with E-state index in [1.54, 1.807) is 70.6 Å². The fraction of sp³-hybridized carbons (Fsp3) is 0.564. The van der Waals surface area contributed by atoms with Crippen molar-refractivity contribution in [2.75, 3.05) is 40.4 Å². The Morgan fingerprint density at radius 2 is 0.662 bits per heavy atom. The number of hydroxylamine groups is 2. The van der Waals surface area contributed by atoms with Gasteiger partial charge in [0.1, 0.15) is 0 Å². The summed E-state index contributed by atoms with van der Waals surface area (Å²) in [5.74, 6) is -1.21. The Morgan fingerprint density at radius 1 is 0.416 bits per heavy atom. The standard InChI is InChI=1S/C55H65N3O7S12/c1-48(2)23-24(49(3,4)58(48)63)44(59)56-19-21-57(22-20-56)45(60)29-38-32(66-50(5,6)72-38)26(33-39(29)73-51(7,8)67-33)25(27-34-40(74-52(9,10)68-34)30(46(61)64-17)41-35(27)69-53(11,12)75-41)28-36-42(76-54(13,14)70-36)31(47(62)65-18)43-37(28)71-55(15,16)77-43/h23,25,63H,19-22H2,1-18H3. The van der Waals surface area contributed by atoms with Gasteiger partial charge in [-0.15, -0.1) is 141 Å². The van der Waals surface area contributed by atoms with Gasteiger partial charge in [0.05, 0.1) is 66.5 Å². The van der Waals surface area contributed by atoms with Gasteiger partial charge in [-0.2, -0.15) is 5.06 Å². The highest BCUT2D eigenvalue weighted by Crippen LogP contribution is 2.75. The number of rotatable bonds is 7. The van der Waals surface area contributed by atoms with Crippen molar-refractivity contribution in [1.82, 2.24) is 14.9 Å². The molecule has 8 aliphatic rings. The highest BCUT2D eigenvalue weighted by atomic mass is 32.2. The van der Waals surface area contributed by atoms with E-state index in [0.717, 1.165) is 64.3 Å².